The number of nitrogens with zero attached hydrogens (tertiary/aromatic N) is 2. The highest BCUT2D eigenvalue weighted by Gasteiger charge is 2.29. The predicted octanol–water partition coefficient (Wildman–Crippen LogP) is 6.67. The maximum absolute atomic E-state index is 13.1. The van der Waals surface area contributed by atoms with E-state index in [-0.39, 0.29) is 24.8 Å². The summed E-state index contributed by atoms with van der Waals surface area (Å²) in [5.74, 6) is -0.798. The van der Waals surface area contributed by atoms with Crippen LogP contribution in [-0.2, 0) is 11.3 Å². The molecule has 1 aliphatic heterocycles. The molecule has 1 aromatic heterocycles. The SMILES string of the molecule is C.CC1=NN(c2ccc(C(=O)O)cc2)C(=O)/C1=C\c1ccc(-c2ccc(Cl)c(C(=O)NCc3ccccc3)c2)o1. The van der Waals surface area contributed by atoms with Crippen molar-refractivity contribution in [3.05, 3.63) is 118 Å². The molecule has 9 heteroatoms. The van der Waals surface area contributed by atoms with Crippen molar-refractivity contribution in [2.24, 2.45) is 5.10 Å². The molecule has 0 radical (unpaired) electrons. The molecule has 0 unspecified atom stereocenters. The van der Waals surface area contributed by atoms with E-state index in [4.69, 9.17) is 21.1 Å². The summed E-state index contributed by atoms with van der Waals surface area (Å²) in [6, 6.07) is 24.0. The van der Waals surface area contributed by atoms with Gasteiger partial charge in [-0.2, -0.15) is 10.1 Å². The monoisotopic (exact) mass is 555 g/mol. The Balaban J connectivity index is 0.00000370. The van der Waals surface area contributed by atoms with Gasteiger partial charge in [-0.3, -0.25) is 9.59 Å². The largest absolute Gasteiger partial charge is 0.478 e. The number of hydrazone groups is 1. The number of furan rings is 1. The van der Waals surface area contributed by atoms with Gasteiger partial charge in [0, 0.05) is 12.1 Å². The molecule has 0 saturated carbocycles. The lowest BCUT2D eigenvalue weighted by atomic mass is 10.1. The fraction of sp³-hybridized carbons (Fsp3) is 0.0968. The molecule has 2 heterocycles. The molecule has 0 atom stereocenters. The second-order valence-corrected chi connectivity index (χ2v) is 9.18. The number of carbonyl (C=O) groups excluding carboxylic acids is 2. The number of amides is 2. The van der Waals surface area contributed by atoms with Crippen LogP contribution in [0.25, 0.3) is 17.4 Å². The third-order valence-corrected chi connectivity index (χ3v) is 6.46. The van der Waals surface area contributed by atoms with E-state index in [1.807, 2.05) is 30.3 Å². The number of halogens is 1. The summed E-state index contributed by atoms with van der Waals surface area (Å²) in [6.45, 7) is 2.08. The van der Waals surface area contributed by atoms with Gasteiger partial charge >= 0.3 is 5.97 Å². The van der Waals surface area contributed by atoms with E-state index < -0.39 is 5.97 Å². The quantitative estimate of drug-likeness (QED) is 0.247. The average molecular weight is 556 g/mol. The van der Waals surface area contributed by atoms with Crippen LogP contribution in [0.3, 0.4) is 0 Å². The van der Waals surface area contributed by atoms with Gasteiger partial charge in [0.1, 0.15) is 11.5 Å². The fourth-order valence-corrected chi connectivity index (χ4v) is 4.26. The van der Waals surface area contributed by atoms with Gasteiger partial charge < -0.3 is 14.8 Å². The van der Waals surface area contributed by atoms with Crippen LogP contribution in [0.2, 0.25) is 5.02 Å². The molecule has 2 N–H and O–H groups in total. The van der Waals surface area contributed by atoms with Gasteiger partial charge in [0.05, 0.1) is 33.1 Å². The number of nitrogens with one attached hydrogen (secondary N) is 1. The first-order chi connectivity index (χ1) is 18.8. The van der Waals surface area contributed by atoms with Gasteiger partial charge in [0.2, 0.25) is 0 Å². The van der Waals surface area contributed by atoms with Crippen molar-refractivity contribution in [1.82, 2.24) is 5.32 Å². The maximum atomic E-state index is 13.1. The zero-order chi connectivity index (χ0) is 27.5. The molecule has 0 bridgehead atoms. The number of rotatable bonds is 7. The van der Waals surface area contributed by atoms with Gasteiger partial charge in [-0.25, -0.2) is 4.79 Å². The Bertz CT molecular complexity index is 1640. The number of hydrogen-bond donors (Lipinski definition) is 2. The molecule has 5 rings (SSSR count). The number of anilines is 1. The van der Waals surface area contributed by atoms with Crippen molar-refractivity contribution in [2.75, 3.05) is 5.01 Å². The Morgan fingerprint density at radius 2 is 1.75 bits per heavy atom. The van der Waals surface area contributed by atoms with Crippen molar-refractivity contribution in [2.45, 2.75) is 20.9 Å². The Labute approximate surface area is 236 Å². The van der Waals surface area contributed by atoms with Crippen LogP contribution in [0.4, 0.5) is 5.69 Å². The maximum Gasteiger partial charge on any atom is 0.335 e. The van der Waals surface area contributed by atoms with Gasteiger partial charge in [0.15, 0.2) is 0 Å². The second-order valence-electron chi connectivity index (χ2n) is 8.78. The lowest BCUT2D eigenvalue weighted by molar-refractivity contribution is -0.114. The summed E-state index contributed by atoms with van der Waals surface area (Å²) in [7, 11) is 0. The fourth-order valence-electron chi connectivity index (χ4n) is 4.06. The third kappa shape index (κ3) is 5.87. The lowest BCUT2D eigenvalue weighted by Gasteiger charge is -2.11. The van der Waals surface area contributed by atoms with Gasteiger partial charge in [-0.15, -0.1) is 0 Å². The van der Waals surface area contributed by atoms with E-state index in [1.54, 1.807) is 43.3 Å². The highest BCUT2D eigenvalue weighted by molar-refractivity contribution is 6.34. The van der Waals surface area contributed by atoms with Crippen LogP contribution >= 0.6 is 11.6 Å². The zero-order valence-electron chi connectivity index (χ0n) is 20.7. The molecule has 4 aromatic rings. The van der Waals surface area contributed by atoms with Gasteiger partial charge in [-0.1, -0.05) is 49.4 Å². The summed E-state index contributed by atoms with van der Waals surface area (Å²) in [5.41, 5.74) is 3.34. The van der Waals surface area contributed by atoms with Gasteiger partial charge in [0.25, 0.3) is 11.8 Å². The summed E-state index contributed by atoms with van der Waals surface area (Å²) >= 11 is 6.31. The molecule has 8 nitrogen and oxygen atoms in total. The lowest BCUT2D eigenvalue weighted by Crippen LogP contribution is -2.23. The third-order valence-electron chi connectivity index (χ3n) is 6.13. The van der Waals surface area contributed by atoms with Crippen LogP contribution < -0.4 is 10.3 Å². The summed E-state index contributed by atoms with van der Waals surface area (Å²) in [6.07, 6.45) is 1.60. The Kier molecular flexibility index (Phi) is 8.31. The average Bonchev–Trinajstić information content (AvgIpc) is 3.53. The van der Waals surface area contributed by atoms with Crippen molar-refractivity contribution in [3.63, 3.8) is 0 Å². The van der Waals surface area contributed by atoms with Crippen LogP contribution in [0.15, 0.2) is 100 Å². The number of hydrogen-bond acceptors (Lipinski definition) is 5. The summed E-state index contributed by atoms with van der Waals surface area (Å²) < 4.78 is 5.97. The first-order valence-electron chi connectivity index (χ1n) is 12.0. The molecule has 3 aromatic carbocycles. The topological polar surface area (TPSA) is 112 Å². The number of carboxylic acid groups (broad SMARTS) is 1. The molecule has 0 spiro atoms. The predicted molar refractivity (Wildman–Crippen MR) is 155 cm³/mol. The van der Waals surface area contributed by atoms with Crippen LogP contribution in [0.5, 0.6) is 0 Å². The molecular formula is C31H26ClN3O5. The molecule has 40 heavy (non-hydrogen) atoms. The molecule has 202 valence electrons. The normalized spacial score (nSPS) is 13.7. The van der Waals surface area contributed by atoms with Crippen LogP contribution in [0, 0.1) is 0 Å². The van der Waals surface area contributed by atoms with E-state index in [0.29, 0.717) is 51.2 Å². The number of carbonyl (C=O) groups is 3. The van der Waals surface area contributed by atoms with Crippen LogP contribution in [0.1, 0.15) is 46.4 Å². The van der Waals surface area contributed by atoms with E-state index in [1.165, 1.54) is 29.3 Å². The van der Waals surface area contributed by atoms with E-state index >= 15 is 0 Å². The van der Waals surface area contributed by atoms with Crippen molar-refractivity contribution in [1.29, 1.82) is 0 Å². The molecule has 0 saturated heterocycles. The van der Waals surface area contributed by atoms with Crippen molar-refractivity contribution in [3.8, 4) is 11.3 Å². The molecule has 1 aliphatic rings. The van der Waals surface area contributed by atoms with E-state index in [0.717, 1.165) is 5.56 Å². The highest BCUT2D eigenvalue weighted by atomic mass is 35.5. The second kappa shape index (κ2) is 11.8. The number of carboxylic acids is 1. The summed E-state index contributed by atoms with van der Waals surface area (Å²) in [5, 5.41) is 17.8. The van der Waals surface area contributed by atoms with Crippen molar-refractivity contribution >= 4 is 46.9 Å². The standard InChI is InChI=1S/C30H22ClN3O5.CH4/c1-18-24(29(36)34(33-18)22-10-7-20(8-11-22)30(37)38)16-23-12-14-27(39-23)21-9-13-26(31)25(15-21)28(35)32-17-19-5-3-2-4-6-19;/h2-16H,17H2,1H3,(H,32,35)(H,37,38);1H4/b24-16-;. The number of aromatic carboxylic acids is 1. The molecule has 0 fully saturated rings. The molecular weight excluding hydrogens is 530 g/mol. The first kappa shape index (κ1) is 28.1. The minimum atomic E-state index is -1.05. The summed E-state index contributed by atoms with van der Waals surface area (Å²) in [4.78, 5) is 37.0. The molecule has 2 amide bonds. The number of benzene rings is 3. The molecule has 0 aliphatic carbocycles. The van der Waals surface area contributed by atoms with E-state index in [2.05, 4.69) is 10.4 Å². The minimum Gasteiger partial charge on any atom is -0.478 e. The van der Waals surface area contributed by atoms with Crippen molar-refractivity contribution < 1.29 is 23.9 Å². The van der Waals surface area contributed by atoms with Gasteiger partial charge in [-0.05, 0) is 73.2 Å². The Morgan fingerprint density at radius 1 is 1.02 bits per heavy atom. The van der Waals surface area contributed by atoms with Crippen LogP contribution in [-0.4, -0.2) is 28.6 Å². The minimum absolute atomic E-state index is 0. The van der Waals surface area contributed by atoms with E-state index in [9.17, 15) is 14.4 Å². The highest BCUT2D eigenvalue weighted by Crippen LogP contribution is 2.30. The Hall–Kier alpha value is -4.95. The Morgan fingerprint density at radius 3 is 2.45 bits per heavy atom. The smallest absolute Gasteiger partial charge is 0.335 e. The zero-order valence-corrected chi connectivity index (χ0v) is 21.5. The first-order valence-corrected chi connectivity index (χ1v) is 12.3.